The summed E-state index contributed by atoms with van der Waals surface area (Å²) in [5.41, 5.74) is 2.98. The van der Waals surface area contributed by atoms with E-state index in [-0.39, 0.29) is 5.91 Å². The molecule has 26 heavy (non-hydrogen) atoms. The number of ether oxygens (including phenoxy) is 1. The second-order valence-electron chi connectivity index (χ2n) is 5.99. The lowest BCUT2D eigenvalue weighted by Gasteiger charge is -2.23. The maximum absolute atomic E-state index is 13.0. The van der Waals surface area contributed by atoms with Gasteiger partial charge in [-0.2, -0.15) is 0 Å². The highest BCUT2D eigenvalue weighted by atomic mass is 16.5. The number of carbonyl (C=O) groups is 1. The van der Waals surface area contributed by atoms with Crippen molar-refractivity contribution >= 4 is 5.91 Å². The monoisotopic (exact) mass is 347 g/mol. The zero-order valence-corrected chi connectivity index (χ0v) is 14.7. The Morgan fingerprint density at radius 3 is 2.42 bits per heavy atom. The lowest BCUT2D eigenvalue weighted by atomic mass is 10.1. The Balaban J connectivity index is 1.77. The van der Waals surface area contributed by atoms with E-state index in [9.17, 15) is 4.79 Å². The minimum absolute atomic E-state index is 0.0546. The first-order chi connectivity index (χ1) is 12.7. The van der Waals surface area contributed by atoms with Crippen LogP contribution in [0.2, 0.25) is 0 Å². The highest BCUT2D eigenvalue weighted by Gasteiger charge is 2.16. The van der Waals surface area contributed by atoms with Gasteiger partial charge in [-0.3, -0.25) is 14.8 Å². The van der Waals surface area contributed by atoms with Crippen LogP contribution in [-0.2, 0) is 24.3 Å². The molecule has 0 fully saturated rings. The fourth-order valence-electron chi connectivity index (χ4n) is 2.72. The molecule has 0 saturated carbocycles. The summed E-state index contributed by atoms with van der Waals surface area (Å²) in [6.45, 7) is 1.04. The van der Waals surface area contributed by atoms with Crippen molar-refractivity contribution in [3.63, 3.8) is 0 Å². The molecule has 5 heteroatoms. The first kappa shape index (κ1) is 17.6. The Morgan fingerprint density at radius 1 is 0.923 bits per heavy atom. The summed E-state index contributed by atoms with van der Waals surface area (Å²) in [5.74, 6) is 0.808. The molecule has 132 valence electrons. The van der Waals surface area contributed by atoms with Crippen LogP contribution >= 0.6 is 0 Å². The first-order valence-corrected chi connectivity index (χ1v) is 8.43. The molecule has 0 aliphatic heterocycles. The van der Waals surface area contributed by atoms with Crippen molar-refractivity contribution < 1.29 is 9.53 Å². The molecule has 1 aromatic carbocycles. The molecular formula is C21H21N3O2. The van der Waals surface area contributed by atoms with Gasteiger partial charge in [-0.25, -0.2) is 0 Å². The van der Waals surface area contributed by atoms with Gasteiger partial charge in [0.15, 0.2) is 0 Å². The predicted molar refractivity (Wildman–Crippen MR) is 99.4 cm³/mol. The molecule has 3 rings (SSSR count). The maximum atomic E-state index is 13.0. The van der Waals surface area contributed by atoms with E-state index in [1.54, 1.807) is 31.9 Å². The van der Waals surface area contributed by atoms with Crippen LogP contribution in [0.3, 0.4) is 0 Å². The number of aromatic nitrogens is 2. The van der Waals surface area contributed by atoms with Gasteiger partial charge in [0.1, 0.15) is 5.75 Å². The third-order valence-electron chi connectivity index (χ3n) is 4.06. The number of amides is 1. The van der Waals surface area contributed by atoms with Gasteiger partial charge in [0.2, 0.25) is 5.91 Å². The molecule has 0 unspecified atom stereocenters. The maximum Gasteiger partial charge on any atom is 0.227 e. The van der Waals surface area contributed by atoms with Gasteiger partial charge in [0.05, 0.1) is 13.5 Å². The molecule has 3 aromatic rings. The molecule has 0 radical (unpaired) electrons. The molecule has 2 heterocycles. The average molecular weight is 347 g/mol. The molecule has 0 spiro atoms. The summed E-state index contributed by atoms with van der Waals surface area (Å²) in [4.78, 5) is 23.0. The van der Waals surface area contributed by atoms with Crippen LogP contribution in [0.5, 0.6) is 5.75 Å². The van der Waals surface area contributed by atoms with Crippen LogP contribution in [0.15, 0.2) is 73.3 Å². The highest BCUT2D eigenvalue weighted by molar-refractivity contribution is 5.79. The standard InChI is InChI=1S/C21H21N3O2/c1-26-20-6-2-4-18(12-20)13-21(25)24(15-17-7-10-22-11-8-17)16-19-5-3-9-23-14-19/h2-12,14H,13,15-16H2,1H3. The third kappa shape index (κ3) is 4.89. The molecule has 0 aliphatic rings. The molecule has 0 bridgehead atoms. The van der Waals surface area contributed by atoms with Crippen molar-refractivity contribution in [2.75, 3.05) is 7.11 Å². The Labute approximate surface area is 153 Å². The second-order valence-corrected chi connectivity index (χ2v) is 5.99. The van der Waals surface area contributed by atoms with Crippen LogP contribution in [0.1, 0.15) is 16.7 Å². The molecule has 0 N–H and O–H groups in total. The molecular weight excluding hydrogens is 326 g/mol. The highest BCUT2D eigenvalue weighted by Crippen LogP contribution is 2.16. The SMILES string of the molecule is COc1cccc(CC(=O)N(Cc2ccncc2)Cc2cccnc2)c1. The molecule has 0 atom stereocenters. The minimum atomic E-state index is 0.0546. The Bertz CT molecular complexity index is 797. The normalized spacial score (nSPS) is 10.3. The number of hydrogen-bond donors (Lipinski definition) is 0. The first-order valence-electron chi connectivity index (χ1n) is 8.43. The Kier molecular flexibility index (Phi) is 5.93. The van der Waals surface area contributed by atoms with Crippen molar-refractivity contribution in [2.45, 2.75) is 19.5 Å². The van der Waals surface area contributed by atoms with Gasteiger partial charge in [-0.15, -0.1) is 0 Å². The van der Waals surface area contributed by atoms with Gasteiger partial charge < -0.3 is 9.64 Å². The Morgan fingerprint density at radius 2 is 1.69 bits per heavy atom. The number of carbonyl (C=O) groups excluding carboxylic acids is 1. The Hall–Kier alpha value is -3.21. The lowest BCUT2D eigenvalue weighted by Crippen LogP contribution is -2.31. The van der Waals surface area contributed by atoms with E-state index in [1.165, 1.54) is 0 Å². The number of pyridine rings is 2. The fourth-order valence-corrected chi connectivity index (χ4v) is 2.72. The van der Waals surface area contributed by atoms with Crippen molar-refractivity contribution in [1.82, 2.24) is 14.9 Å². The van der Waals surface area contributed by atoms with Gasteiger partial charge >= 0.3 is 0 Å². The average Bonchev–Trinajstić information content (AvgIpc) is 2.69. The quantitative estimate of drug-likeness (QED) is 0.658. The van der Waals surface area contributed by atoms with Crippen LogP contribution in [0.4, 0.5) is 0 Å². The van der Waals surface area contributed by atoms with Gasteiger partial charge in [-0.05, 0) is 47.0 Å². The smallest absolute Gasteiger partial charge is 0.227 e. The van der Waals surface area contributed by atoms with Crippen LogP contribution in [-0.4, -0.2) is 27.9 Å². The van der Waals surface area contributed by atoms with Crippen molar-refractivity contribution in [2.24, 2.45) is 0 Å². The van der Waals surface area contributed by atoms with Gasteiger partial charge in [0, 0.05) is 37.9 Å². The molecule has 5 nitrogen and oxygen atoms in total. The lowest BCUT2D eigenvalue weighted by molar-refractivity contribution is -0.131. The summed E-state index contributed by atoms with van der Waals surface area (Å²) >= 11 is 0. The molecule has 0 aliphatic carbocycles. The molecule has 2 aromatic heterocycles. The van der Waals surface area contributed by atoms with Crippen LogP contribution in [0.25, 0.3) is 0 Å². The van der Waals surface area contributed by atoms with Crippen LogP contribution in [0, 0.1) is 0 Å². The van der Waals surface area contributed by atoms with E-state index in [0.717, 1.165) is 22.4 Å². The van der Waals surface area contributed by atoms with Gasteiger partial charge in [0.25, 0.3) is 0 Å². The zero-order chi connectivity index (χ0) is 18.2. The number of hydrogen-bond acceptors (Lipinski definition) is 4. The van der Waals surface area contributed by atoms with Crippen molar-refractivity contribution in [3.05, 3.63) is 90.0 Å². The number of benzene rings is 1. The second kappa shape index (κ2) is 8.76. The summed E-state index contributed by atoms with van der Waals surface area (Å²) in [5, 5.41) is 0. The van der Waals surface area contributed by atoms with E-state index in [0.29, 0.717) is 19.5 Å². The summed E-state index contributed by atoms with van der Waals surface area (Å²) in [6.07, 6.45) is 7.32. The van der Waals surface area contributed by atoms with E-state index in [1.807, 2.05) is 53.4 Å². The topological polar surface area (TPSA) is 55.3 Å². The summed E-state index contributed by atoms with van der Waals surface area (Å²) in [7, 11) is 1.62. The van der Waals surface area contributed by atoms with Crippen molar-refractivity contribution in [3.8, 4) is 5.75 Å². The van der Waals surface area contributed by atoms with Crippen LogP contribution < -0.4 is 4.74 Å². The number of nitrogens with zero attached hydrogens (tertiary/aromatic N) is 3. The number of methoxy groups -OCH3 is 1. The summed E-state index contributed by atoms with van der Waals surface area (Å²) in [6, 6.07) is 15.3. The molecule has 1 amide bonds. The number of rotatable bonds is 7. The fraction of sp³-hybridized carbons (Fsp3) is 0.190. The van der Waals surface area contributed by atoms with E-state index >= 15 is 0 Å². The van der Waals surface area contributed by atoms with Crippen molar-refractivity contribution in [1.29, 1.82) is 0 Å². The minimum Gasteiger partial charge on any atom is -0.497 e. The zero-order valence-electron chi connectivity index (χ0n) is 14.7. The van der Waals surface area contributed by atoms with E-state index in [4.69, 9.17) is 4.74 Å². The van der Waals surface area contributed by atoms with E-state index < -0.39 is 0 Å². The van der Waals surface area contributed by atoms with E-state index in [2.05, 4.69) is 9.97 Å². The third-order valence-corrected chi connectivity index (χ3v) is 4.06. The predicted octanol–water partition coefficient (Wildman–Crippen LogP) is 3.26. The molecule has 0 saturated heterocycles. The van der Waals surface area contributed by atoms with Gasteiger partial charge in [-0.1, -0.05) is 18.2 Å². The summed E-state index contributed by atoms with van der Waals surface area (Å²) < 4.78 is 5.25. The largest absolute Gasteiger partial charge is 0.497 e.